The van der Waals surface area contributed by atoms with Crippen LogP contribution in [-0.2, 0) is 4.74 Å². The van der Waals surface area contributed by atoms with E-state index in [9.17, 15) is 4.79 Å². The maximum atomic E-state index is 11.4. The summed E-state index contributed by atoms with van der Waals surface area (Å²) in [5.74, 6) is 0.220. The van der Waals surface area contributed by atoms with Gasteiger partial charge in [0, 0.05) is 6.04 Å². The summed E-state index contributed by atoms with van der Waals surface area (Å²) >= 11 is 0. The Morgan fingerprint density at radius 1 is 1.47 bits per heavy atom. The molecular formula is C11H20N2O2. The number of rotatable bonds is 3. The number of nitrogens with zero attached hydrogens (tertiary/aromatic N) is 1. The van der Waals surface area contributed by atoms with Crippen molar-refractivity contribution in [3.05, 3.63) is 0 Å². The van der Waals surface area contributed by atoms with E-state index in [2.05, 4.69) is 5.32 Å². The Labute approximate surface area is 91.6 Å². The Morgan fingerprint density at radius 2 is 2.00 bits per heavy atom. The topological polar surface area (TPSA) is 62.1 Å². The van der Waals surface area contributed by atoms with E-state index < -0.39 is 11.7 Å². The second-order valence-corrected chi connectivity index (χ2v) is 4.86. The summed E-state index contributed by atoms with van der Waals surface area (Å²) in [4.78, 5) is 11.4. The first-order valence-corrected chi connectivity index (χ1v) is 5.12. The first-order chi connectivity index (χ1) is 6.76. The summed E-state index contributed by atoms with van der Waals surface area (Å²) in [7, 11) is 0. The minimum absolute atomic E-state index is 0.148. The number of nitrogens with one attached hydrogen (secondary N) is 1. The van der Waals surface area contributed by atoms with Crippen molar-refractivity contribution in [2.45, 2.75) is 52.7 Å². The average Bonchev–Trinajstić information content (AvgIpc) is 1.99. The maximum absolute atomic E-state index is 11.4. The molecule has 0 bridgehead atoms. The van der Waals surface area contributed by atoms with Gasteiger partial charge in [-0.1, -0.05) is 13.8 Å². The van der Waals surface area contributed by atoms with Gasteiger partial charge < -0.3 is 10.1 Å². The molecule has 0 aliphatic carbocycles. The van der Waals surface area contributed by atoms with Gasteiger partial charge in [-0.15, -0.1) is 0 Å². The van der Waals surface area contributed by atoms with E-state index in [1.54, 1.807) is 20.8 Å². The van der Waals surface area contributed by atoms with Crippen LogP contribution in [0.1, 0.15) is 41.0 Å². The normalized spacial score (nSPS) is 13.1. The molecule has 15 heavy (non-hydrogen) atoms. The molecule has 0 aliphatic heterocycles. The van der Waals surface area contributed by atoms with Crippen molar-refractivity contribution in [3.63, 3.8) is 0 Å². The van der Waals surface area contributed by atoms with Crippen LogP contribution in [0, 0.1) is 17.2 Å². The van der Waals surface area contributed by atoms with E-state index in [4.69, 9.17) is 10.00 Å². The largest absolute Gasteiger partial charge is 0.444 e. The number of hydrogen-bond acceptors (Lipinski definition) is 3. The molecular weight excluding hydrogens is 192 g/mol. The summed E-state index contributed by atoms with van der Waals surface area (Å²) in [6.45, 7) is 9.34. The van der Waals surface area contributed by atoms with E-state index in [-0.39, 0.29) is 12.0 Å². The molecule has 0 unspecified atom stereocenters. The van der Waals surface area contributed by atoms with Crippen molar-refractivity contribution < 1.29 is 9.53 Å². The minimum atomic E-state index is -0.502. The fraction of sp³-hybridized carbons (Fsp3) is 0.818. The fourth-order valence-electron chi connectivity index (χ4n) is 1.01. The Balaban J connectivity index is 4.19. The van der Waals surface area contributed by atoms with Crippen LogP contribution >= 0.6 is 0 Å². The summed E-state index contributed by atoms with van der Waals surface area (Å²) in [6, 6.07) is 1.90. The van der Waals surface area contributed by atoms with E-state index >= 15 is 0 Å². The number of carbonyl (C=O) groups excluding carboxylic acids is 1. The first kappa shape index (κ1) is 13.8. The molecule has 0 radical (unpaired) electrons. The van der Waals surface area contributed by atoms with Gasteiger partial charge in [-0.25, -0.2) is 4.79 Å². The summed E-state index contributed by atoms with van der Waals surface area (Å²) in [5.41, 5.74) is -0.502. The van der Waals surface area contributed by atoms with Gasteiger partial charge in [-0.05, 0) is 26.7 Å². The van der Waals surface area contributed by atoms with Gasteiger partial charge >= 0.3 is 6.09 Å². The number of carbonyl (C=O) groups is 1. The van der Waals surface area contributed by atoms with Crippen molar-refractivity contribution in [3.8, 4) is 6.07 Å². The van der Waals surface area contributed by atoms with Gasteiger partial charge in [-0.3, -0.25) is 0 Å². The second-order valence-electron chi connectivity index (χ2n) is 4.86. The molecule has 1 atom stereocenters. The van der Waals surface area contributed by atoms with Crippen LogP contribution in [0.15, 0.2) is 0 Å². The second kappa shape index (κ2) is 5.59. The van der Waals surface area contributed by atoms with Gasteiger partial charge in [0.2, 0.25) is 0 Å². The zero-order chi connectivity index (χ0) is 12.1. The predicted octanol–water partition coefficient (Wildman–Crippen LogP) is 2.45. The third-order valence-corrected chi connectivity index (χ3v) is 1.82. The third-order valence-electron chi connectivity index (χ3n) is 1.82. The molecule has 0 spiro atoms. The van der Waals surface area contributed by atoms with Crippen LogP contribution in [-0.4, -0.2) is 17.7 Å². The Morgan fingerprint density at radius 3 is 2.33 bits per heavy atom. The number of alkyl carbamates (subject to hydrolysis) is 1. The zero-order valence-corrected chi connectivity index (χ0v) is 10.1. The lowest BCUT2D eigenvalue weighted by Crippen LogP contribution is -2.41. The molecule has 0 saturated heterocycles. The predicted molar refractivity (Wildman–Crippen MR) is 58.2 cm³/mol. The third kappa shape index (κ3) is 6.78. The summed E-state index contributed by atoms with van der Waals surface area (Å²) in [5, 5.41) is 11.3. The molecule has 0 aliphatic rings. The van der Waals surface area contributed by atoms with Crippen molar-refractivity contribution in [1.29, 1.82) is 5.26 Å². The average molecular weight is 212 g/mol. The molecule has 0 heterocycles. The fourth-order valence-corrected chi connectivity index (χ4v) is 1.01. The zero-order valence-electron chi connectivity index (χ0n) is 10.1. The lowest BCUT2D eigenvalue weighted by molar-refractivity contribution is 0.0492. The van der Waals surface area contributed by atoms with E-state index in [1.165, 1.54) is 0 Å². The van der Waals surface area contributed by atoms with Gasteiger partial charge in [-0.2, -0.15) is 5.26 Å². The van der Waals surface area contributed by atoms with Crippen molar-refractivity contribution in [2.75, 3.05) is 0 Å². The molecule has 0 saturated carbocycles. The molecule has 86 valence electrons. The van der Waals surface area contributed by atoms with Crippen LogP contribution < -0.4 is 5.32 Å². The Hall–Kier alpha value is -1.24. The van der Waals surface area contributed by atoms with Gasteiger partial charge in [0.25, 0.3) is 0 Å². The Bertz CT molecular complexity index is 248. The maximum Gasteiger partial charge on any atom is 0.407 e. The highest BCUT2D eigenvalue weighted by atomic mass is 16.6. The van der Waals surface area contributed by atoms with Crippen molar-refractivity contribution in [1.82, 2.24) is 5.32 Å². The SMILES string of the molecule is CC(C)[C@@H](CC#N)NC(=O)OC(C)(C)C. The number of ether oxygens (including phenoxy) is 1. The van der Waals surface area contributed by atoms with Gasteiger partial charge in [0.1, 0.15) is 5.60 Å². The van der Waals surface area contributed by atoms with Crippen LogP contribution in [0.4, 0.5) is 4.79 Å². The first-order valence-electron chi connectivity index (χ1n) is 5.12. The molecule has 4 nitrogen and oxygen atoms in total. The quantitative estimate of drug-likeness (QED) is 0.781. The van der Waals surface area contributed by atoms with Crippen molar-refractivity contribution >= 4 is 6.09 Å². The molecule has 0 aromatic heterocycles. The van der Waals surface area contributed by atoms with Gasteiger partial charge in [0.05, 0.1) is 12.5 Å². The van der Waals surface area contributed by atoms with Crippen LogP contribution in [0.25, 0.3) is 0 Å². The van der Waals surface area contributed by atoms with Gasteiger partial charge in [0.15, 0.2) is 0 Å². The van der Waals surface area contributed by atoms with Crippen LogP contribution in [0.5, 0.6) is 0 Å². The monoisotopic (exact) mass is 212 g/mol. The highest BCUT2D eigenvalue weighted by Crippen LogP contribution is 2.09. The number of amides is 1. The Kier molecular flexibility index (Phi) is 5.13. The molecule has 1 amide bonds. The van der Waals surface area contributed by atoms with E-state index in [1.807, 2.05) is 19.9 Å². The summed E-state index contributed by atoms with van der Waals surface area (Å²) in [6.07, 6.45) is -0.159. The molecule has 4 heteroatoms. The smallest absolute Gasteiger partial charge is 0.407 e. The van der Waals surface area contributed by atoms with E-state index in [0.29, 0.717) is 6.42 Å². The molecule has 0 aromatic rings. The molecule has 0 fully saturated rings. The highest BCUT2D eigenvalue weighted by Gasteiger charge is 2.20. The van der Waals surface area contributed by atoms with E-state index in [0.717, 1.165) is 0 Å². The standard InChI is InChI=1S/C11H20N2O2/c1-8(2)9(6-7-12)13-10(14)15-11(3,4)5/h8-9H,6H2,1-5H3,(H,13,14)/t9-/m1/s1. The molecule has 1 N–H and O–H groups in total. The molecule has 0 aromatic carbocycles. The molecule has 0 rings (SSSR count). The summed E-state index contributed by atoms with van der Waals surface area (Å²) < 4.78 is 5.11. The minimum Gasteiger partial charge on any atom is -0.444 e. The lowest BCUT2D eigenvalue weighted by Gasteiger charge is -2.24. The number of nitriles is 1. The van der Waals surface area contributed by atoms with Crippen LogP contribution in [0.2, 0.25) is 0 Å². The van der Waals surface area contributed by atoms with Crippen molar-refractivity contribution in [2.24, 2.45) is 5.92 Å². The highest BCUT2D eigenvalue weighted by molar-refractivity contribution is 5.68. The van der Waals surface area contributed by atoms with Crippen LogP contribution in [0.3, 0.4) is 0 Å². The number of hydrogen-bond donors (Lipinski definition) is 1. The lowest BCUT2D eigenvalue weighted by atomic mass is 10.0.